The number of amides is 1. The van der Waals surface area contributed by atoms with E-state index in [-0.39, 0.29) is 15.1 Å². The predicted molar refractivity (Wildman–Crippen MR) is 76.5 cm³/mol. The highest BCUT2D eigenvalue weighted by molar-refractivity contribution is 7.11. The van der Waals surface area contributed by atoms with Gasteiger partial charge >= 0.3 is 5.97 Å². The van der Waals surface area contributed by atoms with E-state index < -0.39 is 18.0 Å². The fraction of sp³-hybridized carbons (Fsp3) is 0.545. The van der Waals surface area contributed by atoms with Crippen LogP contribution in [0.1, 0.15) is 23.8 Å². The molecule has 1 heterocycles. The van der Waals surface area contributed by atoms with Crippen LogP contribution in [-0.4, -0.2) is 42.6 Å². The second-order valence-electron chi connectivity index (χ2n) is 3.70. The van der Waals surface area contributed by atoms with Crippen LogP contribution in [0, 0.1) is 0 Å². The molecule has 6 nitrogen and oxygen atoms in total. The van der Waals surface area contributed by atoms with E-state index in [0.717, 1.165) is 11.5 Å². The van der Waals surface area contributed by atoms with Gasteiger partial charge in [-0.1, -0.05) is 30.1 Å². The summed E-state index contributed by atoms with van der Waals surface area (Å²) in [5.41, 5.74) is -0.0789. The van der Waals surface area contributed by atoms with Gasteiger partial charge in [0.25, 0.3) is 5.91 Å². The molecule has 9 heteroatoms. The summed E-state index contributed by atoms with van der Waals surface area (Å²) >= 11 is 12.4. The molecule has 0 aliphatic rings. The number of esters is 1. The van der Waals surface area contributed by atoms with Crippen molar-refractivity contribution in [2.75, 3.05) is 20.3 Å². The van der Waals surface area contributed by atoms with Crippen molar-refractivity contribution in [3.63, 3.8) is 0 Å². The number of hydrogen-bond acceptors (Lipinski definition) is 6. The number of rotatable bonds is 7. The third kappa shape index (κ3) is 4.59. The number of aromatic nitrogens is 1. The van der Waals surface area contributed by atoms with Crippen LogP contribution in [0.25, 0.3) is 0 Å². The van der Waals surface area contributed by atoms with Gasteiger partial charge in [-0.25, -0.2) is 4.79 Å². The maximum absolute atomic E-state index is 11.9. The van der Waals surface area contributed by atoms with E-state index in [9.17, 15) is 9.59 Å². The number of ether oxygens (including phenoxy) is 2. The topological polar surface area (TPSA) is 77.5 Å². The maximum atomic E-state index is 11.9. The van der Waals surface area contributed by atoms with Crippen molar-refractivity contribution >= 4 is 46.6 Å². The average Bonchev–Trinajstić information content (AvgIpc) is 2.76. The number of halogens is 2. The minimum absolute atomic E-state index is 0.0383. The van der Waals surface area contributed by atoms with Crippen molar-refractivity contribution in [3.05, 3.63) is 15.1 Å². The molecule has 0 spiro atoms. The Bertz CT molecular complexity index is 481. The van der Waals surface area contributed by atoms with E-state index in [2.05, 4.69) is 9.69 Å². The molecular formula is C11H14Cl2N2O4S. The van der Waals surface area contributed by atoms with Gasteiger partial charge in [-0.05, 0) is 18.0 Å². The van der Waals surface area contributed by atoms with E-state index in [0.29, 0.717) is 19.6 Å². The molecule has 0 aliphatic heterocycles. The number of nitrogens with zero attached hydrogens (tertiary/aromatic N) is 1. The minimum atomic E-state index is -0.907. The largest absolute Gasteiger partial charge is 0.447 e. The van der Waals surface area contributed by atoms with E-state index >= 15 is 0 Å². The van der Waals surface area contributed by atoms with Crippen molar-refractivity contribution < 1.29 is 19.1 Å². The van der Waals surface area contributed by atoms with Gasteiger partial charge in [0.1, 0.15) is 9.36 Å². The lowest BCUT2D eigenvalue weighted by Gasteiger charge is -2.15. The third-order valence-corrected chi connectivity index (χ3v) is 3.92. The SMILES string of the molecule is CC[C@H](OC(=O)c1nsc(Cl)c1Cl)C(=O)NCCOC. The first kappa shape index (κ1) is 17.2. The van der Waals surface area contributed by atoms with Crippen LogP contribution in [-0.2, 0) is 14.3 Å². The molecule has 1 rings (SSSR count). The Morgan fingerprint density at radius 3 is 2.65 bits per heavy atom. The summed E-state index contributed by atoms with van der Waals surface area (Å²) in [5.74, 6) is -1.16. The van der Waals surface area contributed by atoms with Crippen LogP contribution in [0.3, 0.4) is 0 Å². The average molecular weight is 341 g/mol. The lowest BCUT2D eigenvalue weighted by molar-refractivity contribution is -0.130. The summed E-state index contributed by atoms with van der Waals surface area (Å²) in [7, 11) is 1.53. The molecule has 0 saturated heterocycles. The molecule has 20 heavy (non-hydrogen) atoms. The van der Waals surface area contributed by atoms with Gasteiger partial charge < -0.3 is 14.8 Å². The van der Waals surface area contributed by atoms with Crippen molar-refractivity contribution in [1.82, 2.24) is 9.69 Å². The highest BCUT2D eigenvalue weighted by Crippen LogP contribution is 2.30. The van der Waals surface area contributed by atoms with Crippen molar-refractivity contribution in [3.8, 4) is 0 Å². The van der Waals surface area contributed by atoms with E-state index in [4.69, 9.17) is 32.7 Å². The van der Waals surface area contributed by atoms with Crippen molar-refractivity contribution in [2.24, 2.45) is 0 Å². The smallest absolute Gasteiger partial charge is 0.360 e. The monoisotopic (exact) mass is 340 g/mol. The molecule has 1 amide bonds. The lowest BCUT2D eigenvalue weighted by atomic mass is 10.2. The van der Waals surface area contributed by atoms with E-state index in [1.165, 1.54) is 7.11 Å². The van der Waals surface area contributed by atoms with Crippen LogP contribution in [0.5, 0.6) is 0 Å². The summed E-state index contributed by atoms with van der Waals surface area (Å²) in [4.78, 5) is 23.6. The van der Waals surface area contributed by atoms with Gasteiger partial charge in [0, 0.05) is 13.7 Å². The summed E-state index contributed by atoms with van der Waals surface area (Å²) in [6.07, 6.45) is -0.573. The Hall–Kier alpha value is -0.890. The maximum Gasteiger partial charge on any atom is 0.360 e. The van der Waals surface area contributed by atoms with Gasteiger partial charge in [-0.2, -0.15) is 4.37 Å². The number of carbonyl (C=O) groups is 2. The lowest BCUT2D eigenvalue weighted by Crippen LogP contribution is -2.39. The summed E-state index contributed by atoms with van der Waals surface area (Å²) in [6, 6.07) is 0. The zero-order valence-corrected chi connectivity index (χ0v) is 13.3. The molecule has 1 aromatic rings. The fourth-order valence-corrected chi connectivity index (χ4v) is 2.26. The molecule has 0 unspecified atom stereocenters. The Labute approximate surface area is 130 Å². The molecule has 0 fully saturated rings. The summed E-state index contributed by atoms with van der Waals surface area (Å²) in [6.45, 7) is 2.44. The highest BCUT2D eigenvalue weighted by Gasteiger charge is 2.25. The predicted octanol–water partition coefficient (Wildman–Crippen LogP) is 2.15. The van der Waals surface area contributed by atoms with Gasteiger partial charge in [0.05, 0.1) is 6.61 Å². The van der Waals surface area contributed by atoms with Crippen LogP contribution >= 0.6 is 34.7 Å². The zero-order chi connectivity index (χ0) is 15.1. The molecule has 0 aromatic carbocycles. The Morgan fingerprint density at radius 1 is 1.45 bits per heavy atom. The first-order valence-corrected chi connectivity index (χ1v) is 7.32. The van der Waals surface area contributed by atoms with Crippen LogP contribution in [0.2, 0.25) is 9.36 Å². The van der Waals surface area contributed by atoms with Gasteiger partial charge in [0.2, 0.25) is 0 Å². The van der Waals surface area contributed by atoms with Gasteiger partial charge in [0.15, 0.2) is 11.8 Å². The van der Waals surface area contributed by atoms with E-state index in [1.807, 2.05) is 0 Å². The molecule has 1 aromatic heterocycles. The van der Waals surface area contributed by atoms with Crippen LogP contribution in [0.15, 0.2) is 0 Å². The second kappa shape index (κ2) is 8.41. The quantitative estimate of drug-likeness (QED) is 0.607. The molecular weight excluding hydrogens is 327 g/mol. The molecule has 0 radical (unpaired) electrons. The minimum Gasteiger partial charge on any atom is -0.447 e. The number of carbonyl (C=O) groups excluding carboxylic acids is 2. The number of methoxy groups -OCH3 is 1. The standard InChI is InChI=1S/C11H14Cl2N2O4S/c1-3-6(10(16)14-4-5-18-2)19-11(17)8-7(12)9(13)20-15-8/h6H,3-5H2,1-2H3,(H,14,16)/t6-/m0/s1. The van der Waals surface area contributed by atoms with Gasteiger partial charge in [-0.15, -0.1) is 0 Å². The first-order valence-electron chi connectivity index (χ1n) is 5.79. The summed E-state index contributed by atoms with van der Waals surface area (Å²) < 4.78 is 13.9. The molecule has 0 bridgehead atoms. The molecule has 112 valence electrons. The van der Waals surface area contributed by atoms with Gasteiger partial charge in [-0.3, -0.25) is 4.79 Å². The summed E-state index contributed by atoms with van der Waals surface area (Å²) in [5, 5.41) is 2.63. The number of nitrogens with one attached hydrogen (secondary N) is 1. The Balaban J connectivity index is 2.61. The number of hydrogen-bond donors (Lipinski definition) is 1. The van der Waals surface area contributed by atoms with Crippen LogP contribution in [0.4, 0.5) is 0 Å². The Morgan fingerprint density at radius 2 is 2.15 bits per heavy atom. The molecule has 1 N–H and O–H groups in total. The van der Waals surface area contributed by atoms with Crippen molar-refractivity contribution in [1.29, 1.82) is 0 Å². The highest BCUT2D eigenvalue weighted by atomic mass is 35.5. The van der Waals surface area contributed by atoms with Crippen LogP contribution < -0.4 is 5.32 Å². The third-order valence-electron chi connectivity index (χ3n) is 2.31. The molecule has 0 aliphatic carbocycles. The normalized spacial score (nSPS) is 12.0. The fourth-order valence-electron chi connectivity index (χ4n) is 1.28. The Kier molecular flexibility index (Phi) is 7.22. The van der Waals surface area contributed by atoms with E-state index in [1.54, 1.807) is 6.92 Å². The first-order chi connectivity index (χ1) is 9.51. The molecule has 1 atom stereocenters. The second-order valence-corrected chi connectivity index (χ2v) is 5.46. The zero-order valence-electron chi connectivity index (χ0n) is 10.9. The molecule has 0 saturated carbocycles. The van der Waals surface area contributed by atoms with Crippen molar-refractivity contribution in [2.45, 2.75) is 19.4 Å².